The maximum absolute atomic E-state index is 5.70. The SMILES string of the molecule is NCc1cccc(-c2csc(CCc3ccccc3)n2)c1. The van der Waals surface area contributed by atoms with Gasteiger partial charge in [-0.15, -0.1) is 11.3 Å². The highest BCUT2D eigenvalue weighted by molar-refractivity contribution is 7.09. The van der Waals surface area contributed by atoms with E-state index in [2.05, 4.69) is 47.8 Å². The lowest BCUT2D eigenvalue weighted by Gasteiger charge is -2.00. The molecule has 3 rings (SSSR count). The Hall–Kier alpha value is -1.97. The fraction of sp³-hybridized carbons (Fsp3) is 0.167. The van der Waals surface area contributed by atoms with Crippen LogP contribution < -0.4 is 5.73 Å². The first-order valence-electron chi connectivity index (χ1n) is 7.13. The van der Waals surface area contributed by atoms with E-state index < -0.39 is 0 Å². The van der Waals surface area contributed by atoms with E-state index in [9.17, 15) is 0 Å². The molecule has 0 spiro atoms. The van der Waals surface area contributed by atoms with Crippen molar-refractivity contribution in [2.45, 2.75) is 19.4 Å². The van der Waals surface area contributed by atoms with Crippen molar-refractivity contribution < 1.29 is 0 Å². The fourth-order valence-electron chi connectivity index (χ4n) is 2.31. The molecule has 2 aromatic carbocycles. The van der Waals surface area contributed by atoms with Gasteiger partial charge in [0.25, 0.3) is 0 Å². The summed E-state index contributed by atoms with van der Waals surface area (Å²) in [6.45, 7) is 0.568. The van der Waals surface area contributed by atoms with Gasteiger partial charge in [0, 0.05) is 23.9 Å². The van der Waals surface area contributed by atoms with Crippen molar-refractivity contribution >= 4 is 11.3 Å². The molecule has 3 heteroatoms. The Morgan fingerprint density at radius 1 is 0.905 bits per heavy atom. The number of thiazole rings is 1. The van der Waals surface area contributed by atoms with Crippen LogP contribution >= 0.6 is 11.3 Å². The summed E-state index contributed by atoms with van der Waals surface area (Å²) < 4.78 is 0. The van der Waals surface area contributed by atoms with Gasteiger partial charge in [-0.05, 0) is 23.6 Å². The molecule has 2 nitrogen and oxygen atoms in total. The van der Waals surface area contributed by atoms with Gasteiger partial charge in [0.2, 0.25) is 0 Å². The van der Waals surface area contributed by atoms with Gasteiger partial charge in [-0.3, -0.25) is 0 Å². The second-order valence-electron chi connectivity index (χ2n) is 5.02. The van der Waals surface area contributed by atoms with Gasteiger partial charge in [-0.1, -0.05) is 48.5 Å². The van der Waals surface area contributed by atoms with E-state index in [4.69, 9.17) is 10.7 Å². The molecule has 0 radical (unpaired) electrons. The fourth-order valence-corrected chi connectivity index (χ4v) is 3.12. The molecule has 0 amide bonds. The largest absolute Gasteiger partial charge is 0.326 e. The Labute approximate surface area is 129 Å². The van der Waals surface area contributed by atoms with Crippen LogP contribution in [0.4, 0.5) is 0 Å². The molecular formula is C18H18N2S. The van der Waals surface area contributed by atoms with Crippen molar-refractivity contribution in [3.63, 3.8) is 0 Å². The highest BCUT2D eigenvalue weighted by Crippen LogP contribution is 2.23. The van der Waals surface area contributed by atoms with Crippen LogP contribution in [0.15, 0.2) is 60.0 Å². The Bertz CT molecular complexity index is 704. The lowest BCUT2D eigenvalue weighted by Crippen LogP contribution is -1.96. The van der Waals surface area contributed by atoms with Crippen LogP contribution in [0.3, 0.4) is 0 Å². The van der Waals surface area contributed by atoms with E-state index in [0.29, 0.717) is 6.54 Å². The molecule has 0 atom stereocenters. The van der Waals surface area contributed by atoms with Crippen LogP contribution in [0.2, 0.25) is 0 Å². The molecule has 0 aliphatic heterocycles. The minimum Gasteiger partial charge on any atom is -0.326 e. The van der Waals surface area contributed by atoms with E-state index in [1.807, 2.05) is 12.1 Å². The molecule has 0 unspecified atom stereocenters. The number of aryl methyl sites for hydroxylation is 2. The summed E-state index contributed by atoms with van der Waals surface area (Å²) in [5.74, 6) is 0. The predicted molar refractivity (Wildman–Crippen MR) is 89.3 cm³/mol. The van der Waals surface area contributed by atoms with Crippen LogP contribution in [0.1, 0.15) is 16.1 Å². The van der Waals surface area contributed by atoms with Crippen molar-refractivity contribution in [1.82, 2.24) is 4.98 Å². The summed E-state index contributed by atoms with van der Waals surface area (Å²) in [7, 11) is 0. The van der Waals surface area contributed by atoms with Gasteiger partial charge >= 0.3 is 0 Å². The van der Waals surface area contributed by atoms with Crippen LogP contribution in [-0.2, 0) is 19.4 Å². The number of aromatic nitrogens is 1. The minimum absolute atomic E-state index is 0.568. The first-order chi connectivity index (χ1) is 10.3. The van der Waals surface area contributed by atoms with Crippen molar-refractivity contribution in [1.29, 1.82) is 0 Å². The number of rotatable bonds is 5. The van der Waals surface area contributed by atoms with E-state index in [1.165, 1.54) is 10.6 Å². The average Bonchev–Trinajstić information content (AvgIpc) is 3.03. The van der Waals surface area contributed by atoms with Gasteiger partial charge in [0.05, 0.1) is 10.7 Å². The van der Waals surface area contributed by atoms with E-state index >= 15 is 0 Å². The van der Waals surface area contributed by atoms with E-state index in [0.717, 1.165) is 29.7 Å². The maximum atomic E-state index is 5.70. The molecule has 1 heterocycles. The second-order valence-corrected chi connectivity index (χ2v) is 5.96. The lowest BCUT2D eigenvalue weighted by molar-refractivity contribution is 0.945. The molecule has 0 bridgehead atoms. The quantitative estimate of drug-likeness (QED) is 0.771. The summed E-state index contributed by atoms with van der Waals surface area (Å²) in [5.41, 5.74) is 10.4. The van der Waals surface area contributed by atoms with Crippen molar-refractivity contribution in [3.05, 3.63) is 76.1 Å². The van der Waals surface area contributed by atoms with Crippen molar-refractivity contribution in [2.75, 3.05) is 0 Å². The molecule has 2 N–H and O–H groups in total. The highest BCUT2D eigenvalue weighted by Gasteiger charge is 2.05. The lowest BCUT2D eigenvalue weighted by atomic mass is 10.1. The third-order valence-electron chi connectivity index (χ3n) is 3.48. The molecule has 0 fully saturated rings. The van der Waals surface area contributed by atoms with Crippen LogP contribution in [-0.4, -0.2) is 4.98 Å². The zero-order valence-corrected chi connectivity index (χ0v) is 12.6. The number of hydrogen-bond donors (Lipinski definition) is 1. The Kier molecular flexibility index (Phi) is 4.43. The average molecular weight is 294 g/mol. The van der Waals surface area contributed by atoms with Gasteiger partial charge in [0.15, 0.2) is 0 Å². The highest BCUT2D eigenvalue weighted by atomic mass is 32.1. The molecule has 0 saturated heterocycles. The van der Waals surface area contributed by atoms with Crippen LogP contribution in [0, 0.1) is 0 Å². The maximum Gasteiger partial charge on any atom is 0.0935 e. The summed E-state index contributed by atoms with van der Waals surface area (Å²) in [4.78, 5) is 4.75. The summed E-state index contributed by atoms with van der Waals surface area (Å²) in [6, 6.07) is 18.9. The zero-order chi connectivity index (χ0) is 14.5. The van der Waals surface area contributed by atoms with Gasteiger partial charge in [-0.2, -0.15) is 0 Å². The normalized spacial score (nSPS) is 10.7. The standard InChI is InChI=1S/C18H18N2S/c19-12-15-7-4-8-16(11-15)17-13-21-18(20-17)10-9-14-5-2-1-3-6-14/h1-8,11,13H,9-10,12,19H2. The van der Waals surface area contributed by atoms with Crippen LogP contribution in [0.25, 0.3) is 11.3 Å². The van der Waals surface area contributed by atoms with Gasteiger partial charge < -0.3 is 5.73 Å². The minimum atomic E-state index is 0.568. The molecule has 1 aromatic heterocycles. The number of nitrogens with two attached hydrogens (primary N) is 1. The number of nitrogens with zero attached hydrogens (tertiary/aromatic N) is 1. The first kappa shape index (κ1) is 14.0. The van der Waals surface area contributed by atoms with Crippen LogP contribution in [0.5, 0.6) is 0 Å². The molecule has 0 aliphatic carbocycles. The third kappa shape index (κ3) is 3.57. The zero-order valence-electron chi connectivity index (χ0n) is 11.8. The molecule has 0 aliphatic rings. The third-order valence-corrected chi connectivity index (χ3v) is 4.39. The van der Waals surface area contributed by atoms with Crippen molar-refractivity contribution in [3.8, 4) is 11.3 Å². The molecule has 106 valence electrons. The Balaban J connectivity index is 1.71. The summed E-state index contributed by atoms with van der Waals surface area (Å²) >= 11 is 1.73. The molecule has 21 heavy (non-hydrogen) atoms. The van der Waals surface area contributed by atoms with Gasteiger partial charge in [0.1, 0.15) is 0 Å². The molecule has 0 saturated carbocycles. The first-order valence-corrected chi connectivity index (χ1v) is 8.01. The van der Waals surface area contributed by atoms with E-state index in [-0.39, 0.29) is 0 Å². The number of hydrogen-bond acceptors (Lipinski definition) is 3. The smallest absolute Gasteiger partial charge is 0.0935 e. The Morgan fingerprint density at radius 2 is 1.71 bits per heavy atom. The second kappa shape index (κ2) is 6.66. The topological polar surface area (TPSA) is 38.9 Å². The Morgan fingerprint density at radius 3 is 2.52 bits per heavy atom. The van der Waals surface area contributed by atoms with Crippen molar-refractivity contribution in [2.24, 2.45) is 5.73 Å². The number of benzene rings is 2. The monoisotopic (exact) mass is 294 g/mol. The summed E-state index contributed by atoms with van der Waals surface area (Å²) in [6.07, 6.45) is 2.03. The van der Waals surface area contributed by atoms with E-state index in [1.54, 1.807) is 11.3 Å². The molecular weight excluding hydrogens is 276 g/mol. The summed E-state index contributed by atoms with van der Waals surface area (Å²) in [5, 5.41) is 3.32. The van der Waals surface area contributed by atoms with Gasteiger partial charge in [-0.25, -0.2) is 4.98 Å². The predicted octanol–water partition coefficient (Wildman–Crippen LogP) is 4.05. The molecule has 3 aromatic rings.